The van der Waals surface area contributed by atoms with Gasteiger partial charge in [-0.3, -0.25) is 14.6 Å². The Morgan fingerprint density at radius 1 is 1.00 bits per heavy atom. The van der Waals surface area contributed by atoms with Crippen LogP contribution < -0.4 is 10.6 Å². The van der Waals surface area contributed by atoms with Gasteiger partial charge >= 0.3 is 0 Å². The van der Waals surface area contributed by atoms with Crippen LogP contribution in [0, 0.1) is 11.3 Å². The second-order valence-electron chi connectivity index (χ2n) is 6.39. The van der Waals surface area contributed by atoms with Crippen molar-refractivity contribution in [3.63, 3.8) is 0 Å². The van der Waals surface area contributed by atoms with Gasteiger partial charge in [-0.15, -0.1) is 0 Å². The Labute approximate surface area is 169 Å². The number of aromatic nitrogens is 1. The van der Waals surface area contributed by atoms with Crippen LogP contribution in [0.3, 0.4) is 0 Å². The number of hydrogen-bond donors (Lipinski definition) is 2. The predicted octanol–water partition coefficient (Wildman–Crippen LogP) is 2.73. The van der Waals surface area contributed by atoms with Crippen molar-refractivity contribution in [3.8, 4) is 17.3 Å². The number of nitriles is 1. The average Bonchev–Trinajstić information content (AvgIpc) is 2.78. The maximum absolute atomic E-state index is 12.5. The molecule has 0 aliphatic heterocycles. The van der Waals surface area contributed by atoms with E-state index in [4.69, 9.17) is 5.26 Å². The highest BCUT2D eigenvalue weighted by Crippen LogP contribution is 2.18. The molecule has 1 aromatic heterocycles. The molecule has 0 spiro atoms. The van der Waals surface area contributed by atoms with Gasteiger partial charge in [0.1, 0.15) is 12.6 Å². The van der Waals surface area contributed by atoms with Crippen molar-refractivity contribution >= 4 is 11.8 Å². The SMILES string of the molecule is N#CCNC(=O)[C@H](Cc1cccc(-c2ccccn2)c1)NC(=O)c1ccccc1. The van der Waals surface area contributed by atoms with Gasteiger partial charge in [0.2, 0.25) is 5.91 Å². The molecule has 0 unspecified atom stereocenters. The normalized spacial score (nSPS) is 11.1. The molecule has 3 rings (SSSR count). The first-order valence-electron chi connectivity index (χ1n) is 9.18. The number of benzene rings is 2. The van der Waals surface area contributed by atoms with Crippen LogP contribution in [0.15, 0.2) is 79.0 Å². The molecule has 2 N–H and O–H groups in total. The topological polar surface area (TPSA) is 94.9 Å². The summed E-state index contributed by atoms with van der Waals surface area (Å²) < 4.78 is 0. The summed E-state index contributed by atoms with van der Waals surface area (Å²) in [6.07, 6.45) is 2.01. The van der Waals surface area contributed by atoms with Crippen LogP contribution in [0.2, 0.25) is 0 Å². The van der Waals surface area contributed by atoms with Crippen LogP contribution in [0.5, 0.6) is 0 Å². The van der Waals surface area contributed by atoms with E-state index in [1.165, 1.54) is 0 Å². The average molecular weight is 384 g/mol. The summed E-state index contributed by atoms with van der Waals surface area (Å²) in [6, 6.07) is 23.1. The van der Waals surface area contributed by atoms with Crippen molar-refractivity contribution in [1.82, 2.24) is 15.6 Å². The molecular formula is C23H20N4O2. The minimum absolute atomic E-state index is 0.121. The quantitative estimate of drug-likeness (QED) is 0.613. The molecule has 0 bridgehead atoms. The molecule has 2 aromatic carbocycles. The number of carbonyl (C=O) groups is 2. The number of nitrogens with zero attached hydrogens (tertiary/aromatic N) is 2. The summed E-state index contributed by atoms with van der Waals surface area (Å²) in [5, 5.41) is 14.1. The van der Waals surface area contributed by atoms with Gasteiger partial charge < -0.3 is 10.6 Å². The molecule has 0 saturated heterocycles. The van der Waals surface area contributed by atoms with Crippen LogP contribution >= 0.6 is 0 Å². The van der Waals surface area contributed by atoms with Crippen molar-refractivity contribution < 1.29 is 9.59 Å². The predicted molar refractivity (Wildman–Crippen MR) is 110 cm³/mol. The van der Waals surface area contributed by atoms with Gasteiger partial charge in [0, 0.05) is 23.7 Å². The van der Waals surface area contributed by atoms with Gasteiger partial charge in [-0.25, -0.2) is 0 Å². The van der Waals surface area contributed by atoms with Gasteiger partial charge in [-0.05, 0) is 35.9 Å². The van der Waals surface area contributed by atoms with Gasteiger partial charge in [-0.2, -0.15) is 5.26 Å². The highest BCUT2D eigenvalue weighted by molar-refractivity contribution is 5.97. The van der Waals surface area contributed by atoms with E-state index in [1.807, 2.05) is 54.6 Å². The molecule has 0 saturated carbocycles. The van der Waals surface area contributed by atoms with E-state index in [2.05, 4.69) is 15.6 Å². The highest BCUT2D eigenvalue weighted by atomic mass is 16.2. The third-order valence-electron chi connectivity index (χ3n) is 4.33. The first kappa shape index (κ1) is 19.8. The number of hydrogen-bond acceptors (Lipinski definition) is 4. The van der Waals surface area contributed by atoms with Crippen molar-refractivity contribution in [2.24, 2.45) is 0 Å². The van der Waals surface area contributed by atoms with E-state index < -0.39 is 11.9 Å². The van der Waals surface area contributed by atoms with Crippen LogP contribution in [0.4, 0.5) is 0 Å². The van der Waals surface area contributed by atoms with Gasteiger partial charge in [0.25, 0.3) is 5.91 Å². The summed E-state index contributed by atoms with van der Waals surface area (Å²) >= 11 is 0. The number of rotatable bonds is 7. The lowest BCUT2D eigenvalue weighted by Gasteiger charge is -2.18. The minimum atomic E-state index is -0.810. The number of nitrogens with one attached hydrogen (secondary N) is 2. The second kappa shape index (κ2) is 9.81. The first-order valence-corrected chi connectivity index (χ1v) is 9.18. The molecule has 29 heavy (non-hydrogen) atoms. The minimum Gasteiger partial charge on any atom is -0.341 e. The molecule has 0 aliphatic carbocycles. The fraction of sp³-hybridized carbons (Fsp3) is 0.130. The van der Waals surface area contributed by atoms with Crippen LogP contribution in [0.1, 0.15) is 15.9 Å². The largest absolute Gasteiger partial charge is 0.341 e. The number of pyridine rings is 1. The third kappa shape index (κ3) is 5.50. The molecule has 6 heteroatoms. The zero-order valence-electron chi connectivity index (χ0n) is 15.7. The summed E-state index contributed by atoms with van der Waals surface area (Å²) in [5.74, 6) is -0.748. The zero-order valence-corrected chi connectivity index (χ0v) is 15.7. The molecule has 0 fully saturated rings. The van der Waals surface area contributed by atoms with Crippen molar-refractivity contribution in [2.75, 3.05) is 6.54 Å². The summed E-state index contributed by atoms with van der Waals surface area (Å²) in [5.41, 5.74) is 3.09. The molecule has 3 aromatic rings. The molecule has 2 amide bonds. The van der Waals surface area contributed by atoms with Crippen LogP contribution in [-0.4, -0.2) is 29.4 Å². The summed E-state index contributed by atoms with van der Waals surface area (Å²) in [7, 11) is 0. The Balaban J connectivity index is 1.80. The van der Waals surface area contributed by atoms with E-state index in [-0.39, 0.29) is 18.9 Å². The highest BCUT2D eigenvalue weighted by Gasteiger charge is 2.22. The van der Waals surface area contributed by atoms with E-state index >= 15 is 0 Å². The Hall–Kier alpha value is -3.98. The Bertz CT molecular complexity index is 1010. The Morgan fingerprint density at radius 3 is 2.52 bits per heavy atom. The summed E-state index contributed by atoms with van der Waals surface area (Å²) in [6.45, 7) is -0.121. The molecule has 6 nitrogen and oxygen atoms in total. The fourth-order valence-corrected chi connectivity index (χ4v) is 2.92. The fourth-order valence-electron chi connectivity index (χ4n) is 2.92. The Morgan fingerprint density at radius 2 is 1.79 bits per heavy atom. The van der Waals surface area contributed by atoms with Crippen LogP contribution in [-0.2, 0) is 11.2 Å². The van der Waals surface area contributed by atoms with Crippen molar-refractivity contribution in [2.45, 2.75) is 12.5 Å². The van der Waals surface area contributed by atoms with E-state index in [0.717, 1.165) is 16.8 Å². The smallest absolute Gasteiger partial charge is 0.251 e. The molecule has 0 radical (unpaired) electrons. The van der Waals surface area contributed by atoms with Crippen molar-refractivity contribution in [1.29, 1.82) is 5.26 Å². The van der Waals surface area contributed by atoms with E-state index in [9.17, 15) is 9.59 Å². The molecule has 144 valence electrons. The number of carbonyl (C=O) groups excluding carboxylic acids is 2. The summed E-state index contributed by atoms with van der Waals surface area (Å²) in [4.78, 5) is 29.4. The lowest BCUT2D eigenvalue weighted by molar-refractivity contribution is -0.122. The monoisotopic (exact) mass is 384 g/mol. The van der Waals surface area contributed by atoms with Gasteiger partial charge in [0.05, 0.1) is 11.8 Å². The van der Waals surface area contributed by atoms with Crippen LogP contribution in [0.25, 0.3) is 11.3 Å². The molecular weight excluding hydrogens is 364 g/mol. The molecule has 1 atom stereocenters. The van der Waals surface area contributed by atoms with E-state index in [1.54, 1.807) is 30.5 Å². The van der Waals surface area contributed by atoms with Gasteiger partial charge in [-0.1, -0.05) is 42.5 Å². The number of amides is 2. The zero-order chi connectivity index (χ0) is 20.5. The molecule has 1 heterocycles. The standard InChI is InChI=1S/C23H20N4O2/c24-12-14-26-23(29)21(27-22(28)18-8-2-1-3-9-18)16-17-7-6-10-19(15-17)20-11-4-5-13-25-20/h1-11,13,15,21H,14,16H2,(H,26,29)(H,27,28)/t21-/m0/s1. The third-order valence-corrected chi connectivity index (χ3v) is 4.33. The Kier molecular flexibility index (Phi) is 6.69. The maximum atomic E-state index is 12.5. The molecule has 0 aliphatic rings. The maximum Gasteiger partial charge on any atom is 0.251 e. The lowest BCUT2D eigenvalue weighted by Crippen LogP contribution is -2.48. The second-order valence-corrected chi connectivity index (χ2v) is 6.39. The van der Waals surface area contributed by atoms with E-state index in [0.29, 0.717) is 5.56 Å². The lowest BCUT2D eigenvalue weighted by atomic mass is 10.0. The first-order chi connectivity index (χ1) is 14.2. The van der Waals surface area contributed by atoms with Crippen molar-refractivity contribution in [3.05, 3.63) is 90.1 Å². The van der Waals surface area contributed by atoms with Gasteiger partial charge in [0.15, 0.2) is 0 Å².